The minimum atomic E-state index is -2.72. The van der Waals surface area contributed by atoms with Gasteiger partial charge in [0.1, 0.15) is 5.82 Å². The van der Waals surface area contributed by atoms with Crippen molar-refractivity contribution in [3.05, 3.63) is 58.5 Å². The highest BCUT2D eigenvalue weighted by atomic mass is 19.3. The van der Waals surface area contributed by atoms with Crippen LogP contribution in [0.4, 0.5) is 23.4 Å². The average molecular weight is 488 g/mol. The molecule has 5 rings (SSSR count). The predicted molar refractivity (Wildman–Crippen MR) is 120 cm³/mol. The second-order valence-corrected chi connectivity index (χ2v) is 9.24. The lowest BCUT2D eigenvalue weighted by molar-refractivity contribution is -0.129. The van der Waals surface area contributed by atoms with E-state index in [0.717, 1.165) is 35.2 Å². The highest BCUT2D eigenvalue weighted by Crippen LogP contribution is 2.38. The first kappa shape index (κ1) is 23.3. The summed E-state index contributed by atoms with van der Waals surface area (Å²) in [5, 5.41) is 7.64. The molecule has 11 heteroatoms. The molecule has 1 aromatic carbocycles. The monoisotopic (exact) mass is 488 g/mol. The van der Waals surface area contributed by atoms with E-state index in [-0.39, 0.29) is 23.7 Å². The SMILES string of the molecule is Cc1nc2c(cc1-c1nc(C(F)F)n(C)n1)CC[C@@]1(CCN(C(=O)Cc3ccc(F)c(F)c3)C1)N2. The fourth-order valence-electron chi connectivity index (χ4n) is 4.89. The van der Waals surface area contributed by atoms with Crippen molar-refractivity contribution in [1.29, 1.82) is 0 Å². The lowest BCUT2D eigenvalue weighted by Gasteiger charge is -2.36. The number of likely N-dealkylation sites (tertiary alicyclic amines) is 1. The first-order valence-corrected chi connectivity index (χ1v) is 11.3. The van der Waals surface area contributed by atoms with E-state index in [4.69, 9.17) is 0 Å². The largest absolute Gasteiger partial charge is 0.363 e. The molecule has 0 saturated carbocycles. The fraction of sp³-hybridized carbons (Fsp3) is 0.417. The lowest BCUT2D eigenvalue weighted by atomic mass is 9.86. The molecule has 1 saturated heterocycles. The Morgan fingerprint density at radius 1 is 1.17 bits per heavy atom. The van der Waals surface area contributed by atoms with E-state index in [2.05, 4.69) is 20.4 Å². The molecule has 0 unspecified atom stereocenters. The summed E-state index contributed by atoms with van der Waals surface area (Å²) in [5.41, 5.74) is 2.26. The molecular formula is C24H24F4N6O. The van der Waals surface area contributed by atoms with Crippen molar-refractivity contribution >= 4 is 11.7 Å². The molecule has 35 heavy (non-hydrogen) atoms. The van der Waals surface area contributed by atoms with Gasteiger partial charge in [0.05, 0.1) is 17.7 Å². The van der Waals surface area contributed by atoms with Gasteiger partial charge in [-0.15, -0.1) is 0 Å². The zero-order valence-electron chi connectivity index (χ0n) is 19.3. The van der Waals surface area contributed by atoms with Gasteiger partial charge in [-0.2, -0.15) is 5.10 Å². The number of hydrogen-bond acceptors (Lipinski definition) is 5. The van der Waals surface area contributed by atoms with Crippen LogP contribution in [-0.2, 0) is 24.7 Å². The van der Waals surface area contributed by atoms with Crippen LogP contribution in [0.25, 0.3) is 11.4 Å². The molecule has 2 aliphatic heterocycles. The number of benzene rings is 1. The van der Waals surface area contributed by atoms with Crippen LogP contribution >= 0.6 is 0 Å². The van der Waals surface area contributed by atoms with E-state index in [1.807, 2.05) is 6.07 Å². The Balaban J connectivity index is 1.31. The Labute approximate surface area is 199 Å². The van der Waals surface area contributed by atoms with E-state index >= 15 is 0 Å². The number of fused-ring (bicyclic) bond motifs is 1. The topological polar surface area (TPSA) is 75.9 Å². The maximum atomic E-state index is 13.5. The number of nitrogens with one attached hydrogen (secondary N) is 1. The Morgan fingerprint density at radius 2 is 1.97 bits per heavy atom. The number of hydrogen-bond donors (Lipinski definition) is 1. The van der Waals surface area contributed by atoms with Gasteiger partial charge in [0, 0.05) is 25.7 Å². The minimum Gasteiger partial charge on any atom is -0.363 e. The molecule has 0 aliphatic carbocycles. The van der Waals surface area contributed by atoms with E-state index in [0.29, 0.717) is 42.1 Å². The molecule has 2 aliphatic rings. The minimum absolute atomic E-state index is 0.00225. The van der Waals surface area contributed by atoms with Crippen LogP contribution in [0.2, 0.25) is 0 Å². The number of anilines is 1. The molecule has 1 atom stereocenters. The summed E-state index contributed by atoms with van der Waals surface area (Å²) in [4.78, 5) is 23.2. The Kier molecular flexibility index (Phi) is 5.72. The quantitative estimate of drug-likeness (QED) is 0.563. The smallest absolute Gasteiger partial charge is 0.297 e. The van der Waals surface area contributed by atoms with E-state index in [1.54, 1.807) is 11.8 Å². The fourth-order valence-corrected chi connectivity index (χ4v) is 4.89. The third-order valence-electron chi connectivity index (χ3n) is 6.83. The average Bonchev–Trinajstić information content (AvgIpc) is 3.40. The van der Waals surface area contributed by atoms with Gasteiger partial charge in [0.15, 0.2) is 23.3 Å². The number of pyridine rings is 1. The lowest BCUT2D eigenvalue weighted by Crippen LogP contribution is -2.45. The van der Waals surface area contributed by atoms with Crippen LogP contribution in [0.1, 0.15) is 41.9 Å². The van der Waals surface area contributed by atoms with Gasteiger partial charge in [-0.05, 0) is 55.5 Å². The number of carbonyl (C=O) groups excluding carboxylic acids is 1. The van der Waals surface area contributed by atoms with Gasteiger partial charge >= 0.3 is 0 Å². The van der Waals surface area contributed by atoms with Crippen molar-refractivity contribution < 1.29 is 22.4 Å². The van der Waals surface area contributed by atoms with Crippen molar-refractivity contribution in [3.63, 3.8) is 0 Å². The molecule has 1 amide bonds. The van der Waals surface area contributed by atoms with Crippen molar-refractivity contribution in [2.24, 2.45) is 7.05 Å². The normalized spacial score (nSPS) is 19.3. The third-order valence-corrected chi connectivity index (χ3v) is 6.83. The van der Waals surface area contributed by atoms with Crippen LogP contribution in [-0.4, -0.2) is 49.2 Å². The van der Waals surface area contributed by atoms with Crippen LogP contribution in [0.5, 0.6) is 0 Å². The summed E-state index contributed by atoms with van der Waals surface area (Å²) in [7, 11) is 1.43. The first-order chi connectivity index (χ1) is 16.6. The molecule has 1 fully saturated rings. The Hall–Kier alpha value is -3.50. The molecule has 1 spiro atoms. The van der Waals surface area contributed by atoms with Gasteiger partial charge in [0.2, 0.25) is 5.91 Å². The number of carbonyl (C=O) groups is 1. The van der Waals surface area contributed by atoms with Crippen molar-refractivity contribution in [3.8, 4) is 11.4 Å². The Morgan fingerprint density at radius 3 is 2.69 bits per heavy atom. The van der Waals surface area contributed by atoms with Gasteiger partial charge in [-0.3, -0.25) is 4.79 Å². The maximum Gasteiger partial charge on any atom is 0.297 e. The molecule has 184 valence electrons. The highest BCUT2D eigenvalue weighted by Gasteiger charge is 2.42. The highest BCUT2D eigenvalue weighted by molar-refractivity contribution is 5.79. The zero-order chi connectivity index (χ0) is 24.9. The number of halogens is 4. The number of alkyl halides is 2. The molecule has 0 bridgehead atoms. The summed E-state index contributed by atoms with van der Waals surface area (Å²) >= 11 is 0. The van der Waals surface area contributed by atoms with Crippen LogP contribution in [0.15, 0.2) is 24.3 Å². The molecule has 7 nitrogen and oxygen atoms in total. The summed E-state index contributed by atoms with van der Waals surface area (Å²) < 4.78 is 54.0. The van der Waals surface area contributed by atoms with E-state index in [1.165, 1.54) is 13.1 Å². The van der Waals surface area contributed by atoms with Crippen LogP contribution < -0.4 is 5.32 Å². The summed E-state index contributed by atoms with van der Waals surface area (Å²) in [5.74, 6) is -1.52. The number of rotatable bonds is 4. The third kappa shape index (κ3) is 4.35. The second kappa shape index (κ2) is 8.62. The summed E-state index contributed by atoms with van der Waals surface area (Å²) in [6.07, 6.45) is -0.525. The van der Waals surface area contributed by atoms with Gasteiger partial charge in [-0.1, -0.05) is 6.07 Å². The molecular weight excluding hydrogens is 464 g/mol. The second-order valence-electron chi connectivity index (χ2n) is 9.24. The number of aryl methyl sites for hydroxylation is 3. The van der Waals surface area contributed by atoms with Gasteiger partial charge < -0.3 is 10.2 Å². The first-order valence-electron chi connectivity index (χ1n) is 11.3. The number of nitrogens with zero attached hydrogens (tertiary/aromatic N) is 5. The van der Waals surface area contributed by atoms with Crippen molar-refractivity contribution in [1.82, 2.24) is 24.6 Å². The molecule has 3 aromatic rings. The van der Waals surface area contributed by atoms with E-state index in [9.17, 15) is 22.4 Å². The summed E-state index contributed by atoms with van der Waals surface area (Å²) in [6.45, 7) is 2.82. The predicted octanol–water partition coefficient (Wildman–Crippen LogP) is 3.97. The molecule has 1 N–H and O–H groups in total. The molecule has 4 heterocycles. The summed E-state index contributed by atoms with van der Waals surface area (Å²) in [6, 6.07) is 5.39. The Bertz CT molecular complexity index is 1310. The maximum absolute atomic E-state index is 13.5. The standard InChI is InChI=1S/C24H24F4N6O/c1-13-16(22-30-23(20(27)28)33(2)32-22)11-15-5-6-24(31-21(15)29-13)7-8-34(12-24)19(35)10-14-3-4-17(25)18(26)9-14/h3-4,9,11,20H,5-8,10,12H2,1-2H3,(H,29,31)/t24-/m0/s1. The number of amides is 1. The van der Waals surface area contributed by atoms with E-state index < -0.39 is 23.9 Å². The molecule has 2 aromatic heterocycles. The van der Waals surface area contributed by atoms with Crippen molar-refractivity contribution in [2.75, 3.05) is 18.4 Å². The van der Waals surface area contributed by atoms with Crippen LogP contribution in [0.3, 0.4) is 0 Å². The van der Waals surface area contributed by atoms with Crippen molar-refractivity contribution in [2.45, 2.75) is 44.6 Å². The number of aromatic nitrogens is 4. The van der Waals surface area contributed by atoms with Gasteiger partial charge in [0.25, 0.3) is 6.43 Å². The molecule has 0 radical (unpaired) electrons. The van der Waals surface area contributed by atoms with Gasteiger partial charge in [-0.25, -0.2) is 32.2 Å². The van der Waals surface area contributed by atoms with Crippen LogP contribution in [0, 0.1) is 18.6 Å². The zero-order valence-corrected chi connectivity index (χ0v) is 19.3.